The number of hydrogen-bond donors (Lipinski definition) is 0. The Morgan fingerprint density at radius 3 is 1.23 bits per heavy atom. The summed E-state index contributed by atoms with van der Waals surface area (Å²) in [5, 5.41) is 0. The van der Waals surface area contributed by atoms with E-state index in [1.54, 1.807) is 56.0 Å². The van der Waals surface area contributed by atoms with Crippen LogP contribution in [0.2, 0.25) is 0 Å². The Morgan fingerprint density at radius 2 is 0.975 bits per heavy atom. The van der Waals surface area contributed by atoms with Crippen molar-refractivity contribution in [2.75, 3.05) is 0 Å². The van der Waals surface area contributed by atoms with Gasteiger partial charge in [0.2, 0.25) is 0 Å². The topological polar surface area (TPSA) is 103 Å². The van der Waals surface area contributed by atoms with Gasteiger partial charge in [0.25, 0.3) is 0 Å². The fourth-order valence-corrected chi connectivity index (χ4v) is 2.36. The number of hydrogen-bond acceptors (Lipinski definition) is 8. The van der Waals surface area contributed by atoms with Crippen molar-refractivity contribution in [2.45, 2.75) is 99.3 Å². The van der Waals surface area contributed by atoms with Gasteiger partial charge in [-0.2, -0.15) is 0 Å². The number of nitrogens with zero attached hydrogens (tertiary/aromatic N) is 8. The molecule has 0 saturated heterocycles. The molecule has 40 heavy (non-hydrogen) atoms. The second kappa shape index (κ2) is 18.6. The molecule has 0 spiro atoms. The first-order chi connectivity index (χ1) is 18.5. The Morgan fingerprint density at radius 1 is 0.500 bits per heavy atom. The predicted octanol–water partition coefficient (Wildman–Crippen LogP) is 7.46. The lowest BCUT2D eigenvalue weighted by Gasteiger charge is -2.16. The Balaban J connectivity index is 0.000000491. The molecule has 0 unspecified atom stereocenters. The summed E-state index contributed by atoms with van der Waals surface area (Å²) in [6, 6.07) is 3.77. The van der Waals surface area contributed by atoms with E-state index in [4.69, 9.17) is 0 Å². The van der Waals surface area contributed by atoms with Gasteiger partial charge in [-0.25, -0.2) is 29.9 Å². The van der Waals surface area contributed by atoms with E-state index in [0.29, 0.717) is 0 Å². The van der Waals surface area contributed by atoms with Gasteiger partial charge in [0, 0.05) is 72.3 Å². The Kier molecular flexibility index (Phi) is 16.9. The lowest BCUT2D eigenvalue weighted by atomic mass is 9.89. The van der Waals surface area contributed by atoms with Crippen molar-refractivity contribution in [3.05, 3.63) is 97.6 Å². The van der Waals surface area contributed by atoms with Crippen LogP contribution in [0.25, 0.3) is 0 Å². The highest BCUT2D eigenvalue weighted by atomic mass is 14.9. The lowest BCUT2D eigenvalue weighted by Crippen LogP contribution is -2.14. The summed E-state index contributed by atoms with van der Waals surface area (Å²) in [6.45, 7) is 25.6. The maximum atomic E-state index is 4.14. The van der Waals surface area contributed by atoms with Crippen LogP contribution in [0.5, 0.6) is 0 Å². The normalized spacial score (nSPS) is 10.7. The zero-order valence-corrected chi connectivity index (χ0v) is 26.7. The van der Waals surface area contributed by atoms with Gasteiger partial charge in [-0.05, 0) is 29.0 Å². The van der Waals surface area contributed by atoms with E-state index in [9.17, 15) is 0 Å². The van der Waals surface area contributed by atoms with Crippen molar-refractivity contribution in [3.63, 3.8) is 0 Å². The van der Waals surface area contributed by atoms with Crippen LogP contribution in [-0.4, -0.2) is 39.9 Å². The van der Waals surface area contributed by atoms with Gasteiger partial charge in [0.05, 0.1) is 0 Å². The van der Waals surface area contributed by atoms with Crippen LogP contribution >= 0.6 is 0 Å². The fourth-order valence-electron chi connectivity index (χ4n) is 2.36. The summed E-state index contributed by atoms with van der Waals surface area (Å²) in [4.78, 5) is 31.6. The summed E-state index contributed by atoms with van der Waals surface area (Å²) in [5.41, 5.74) is 2.64. The first-order valence-electron chi connectivity index (χ1n) is 13.5. The van der Waals surface area contributed by atoms with Crippen LogP contribution < -0.4 is 0 Å². The van der Waals surface area contributed by atoms with Crippen LogP contribution in [-0.2, 0) is 16.2 Å². The molecule has 0 N–H and O–H groups in total. The van der Waals surface area contributed by atoms with Gasteiger partial charge in [-0.15, -0.1) is 0 Å². The molecule has 0 saturated carbocycles. The van der Waals surface area contributed by atoms with Crippen LogP contribution in [0.1, 0.15) is 100 Å². The predicted molar refractivity (Wildman–Crippen MR) is 165 cm³/mol. The Labute approximate surface area is 242 Å². The SMILES string of the molecule is CC(C)(C)c1ccncn1.CC(C)(C)c1cncnc1.CC(C)(C)c1ncccn1.CC(C)C.c1cnccn1. The highest BCUT2D eigenvalue weighted by Crippen LogP contribution is 2.19. The third-order valence-electron chi connectivity index (χ3n) is 4.49. The molecule has 0 aliphatic rings. The summed E-state index contributed by atoms with van der Waals surface area (Å²) >= 11 is 0. The Hall–Kier alpha value is -3.68. The van der Waals surface area contributed by atoms with Gasteiger partial charge < -0.3 is 0 Å². The summed E-state index contributed by atoms with van der Waals surface area (Å²) in [6.07, 6.45) is 18.7. The number of aromatic nitrogens is 8. The largest absolute Gasteiger partial charge is 0.262 e. The molecule has 4 rings (SSSR count). The molecule has 8 heteroatoms. The minimum atomic E-state index is 0.0707. The molecule has 0 amide bonds. The lowest BCUT2D eigenvalue weighted by molar-refractivity contribution is 0.545. The van der Waals surface area contributed by atoms with Crippen molar-refractivity contribution >= 4 is 0 Å². The van der Waals surface area contributed by atoms with Crippen molar-refractivity contribution in [3.8, 4) is 0 Å². The fraction of sp³-hybridized carbons (Fsp3) is 0.500. The van der Waals surface area contributed by atoms with Crippen molar-refractivity contribution < 1.29 is 0 Å². The Bertz CT molecular complexity index is 955. The van der Waals surface area contributed by atoms with E-state index in [0.717, 1.165) is 17.4 Å². The minimum absolute atomic E-state index is 0.0707. The molecular formula is C32H50N8. The maximum Gasteiger partial charge on any atom is 0.133 e. The van der Waals surface area contributed by atoms with Gasteiger partial charge in [0.1, 0.15) is 18.5 Å². The van der Waals surface area contributed by atoms with E-state index < -0.39 is 0 Å². The molecule has 0 bridgehead atoms. The molecule has 0 fully saturated rings. The van der Waals surface area contributed by atoms with Crippen LogP contribution in [0.15, 0.2) is 80.6 Å². The van der Waals surface area contributed by atoms with E-state index in [2.05, 4.69) is 123 Å². The molecule has 0 radical (unpaired) electrons. The maximum absolute atomic E-state index is 4.14. The molecule has 0 aliphatic heterocycles. The molecule has 218 valence electrons. The zero-order chi connectivity index (χ0) is 30.7. The van der Waals surface area contributed by atoms with Crippen LogP contribution in [0, 0.1) is 5.92 Å². The molecule has 0 aromatic carbocycles. The molecule has 0 atom stereocenters. The average Bonchev–Trinajstić information content (AvgIpc) is 2.91. The molecule has 4 heterocycles. The van der Waals surface area contributed by atoms with Crippen LogP contribution in [0.4, 0.5) is 0 Å². The smallest absolute Gasteiger partial charge is 0.133 e. The minimum Gasteiger partial charge on any atom is -0.262 e. The summed E-state index contributed by atoms with van der Waals surface area (Å²) in [7, 11) is 0. The monoisotopic (exact) mass is 546 g/mol. The molecular weight excluding hydrogens is 496 g/mol. The van der Waals surface area contributed by atoms with Gasteiger partial charge in [-0.1, -0.05) is 83.1 Å². The van der Waals surface area contributed by atoms with Crippen LogP contribution in [0.3, 0.4) is 0 Å². The highest BCUT2D eigenvalue weighted by molar-refractivity contribution is 5.13. The van der Waals surface area contributed by atoms with Gasteiger partial charge >= 0.3 is 0 Å². The van der Waals surface area contributed by atoms with E-state index in [1.807, 2.05) is 24.5 Å². The molecule has 4 aromatic rings. The first-order valence-corrected chi connectivity index (χ1v) is 13.5. The highest BCUT2D eigenvalue weighted by Gasteiger charge is 2.15. The third kappa shape index (κ3) is 19.4. The summed E-state index contributed by atoms with van der Waals surface area (Å²) in [5.74, 6) is 1.73. The van der Waals surface area contributed by atoms with Crippen molar-refractivity contribution in [1.82, 2.24) is 39.9 Å². The standard InChI is InChI=1S/3C8H12N2.C4H4N2.C4H10/c1-8(2,3)7-4-9-6-10-5-7;1-8(2,3)7-4-5-9-6-10-7;1-8(2,3)7-9-5-4-6-10-7;1-2-6-4-3-5-1;1-4(2)3/h3*4-6H,1-3H3;1-4H;4H,1-3H3. The first kappa shape index (κ1) is 36.3. The zero-order valence-electron chi connectivity index (χ0n) is 26.7. The quantitative estimate of drug-likeness (QED) is 0.224. The van der Waals surface area contributed by atoms with Gasteiger partial charge in [0.15, 0.2) is 0 Å². The molecule has 8 nitrogen and oxygen atoms in total. The van der Waals surface area contributed by atoms with Crippen molar-refractivity contribution in [2.24, 2.45) is 5.92 Å². The van der Waals surface area contributed by atoms with Crippen molar-refractivity contribution in [1.29, 1.82) is 0 Å². The summed E-state index contributed by atoms with van der Waals surface area (Å²) < 4.78 is 0. The van der Waals surface area contributed by atoms with E-state index in [-0.39, 0.29) is 16.2 Å². The average molecular weight is 547 g/mol. The molecule has 4 aromatic heterocycles. The second-order valence-corrected chi connectivity index (χ2v) is 12.7. The van der Waals surface area contributed by atoms with E-state index in [1.165, 1.54) is 5.56 Å². The molecule has 0 aliphatic carbocycles. The second-order valence-electron chi connectivity index (χ2n) is 12.7. The van der Waals surface area contributed by atoms with E-state index >= 15 is 0 Å². The van der Waals surface area contributed by atoms with Gasteiger partial charge in [-0.3, -0.25) is 9.97 Å². The third-order valence-corrected chi connectivity index (χ3v) is 4.49. The number of rotatable bonds is 0.